The maximum Gasteiger partial charge on any atom is 0.224 e. The van der Waals surface area contributed by atoms with E-state index >= 15 is 0 Å². The maximum atomic E-state index is 12.1. The molecule has 0 aliphatic carbocycles. The van der Waals surface area contributed by atoms with Crippen molar-refractivity contribution < 1.29 is 18.6 Å². The van der Waals surface area contributed by atoms with Crippen molar-refractivity contribution in [2.24, 2.45) is 0 Å². The van der Waals surface area contributed by atoms with Gasteiger partial charge < -0.3 is 19.7 Å². The first-order valence-corrected chi connectivity index (χ1v) is 9.51. The number of nitrogens with zero attached hydrogens (tertiary/aromatic N) is 4. The van der Waals surface area contributed by atoms with Crippen LogP contribution in [0.5, 0.6) is 0 Å². The highest BCUT2D eigenvalue weighted by Crippen LogP contribution is 2.19. The Bertz CT molecular complexity index is 1030. The smallest absolute Gasteiger partial charge is 0.224 e. The second-order valence-corrected chi connectivity index (χ2v) is 6.61. The number of aromatic nitrogens is 4. The summed E-state index contributed by atoms with van der Waals surface area (Å²) >= 11 is 0. The first-order valence-electron chi connectivity index (χ1n) is 9.51. The quantitative estimate of drug-likeness (QED) is 0.443. The second-order valence-electron chi connectivity index (χ2n) is 6.61. The van der Waals surface area contributed by atoms with E-state index in [0.717, 1.165) is 11.1 Å². The van der Waals surface area contributed by atoms with E-state index in [0.29, 0.717) is 29.4 Å². The number of nitrogens with one attached hydrogen (secondary N) is 2. The summed E-state index contributed by atoms with van der Waals surface area (Å²) in [6.07, 6.45) is 3.41. The average molecular weight is 418 g/mol. The molecule has 0 aliphatic heterocycles. The fourth-order valence-electron chi connectivity index (χ4n) is 2.86. The van der Waals surface area contributed by atoms with E-state index in [4.69, 9.17) is 9.05 Å². The van der Waals surface area contributed by atoms with Crippen LogP contribution in [-0.2, 0) is 9.59 Å². The summed E-state index contributed by atoms with van der Waals surface area (Å²) in [4.78, 5) is 32.2. The number of anilines is 2. The minimum absolute atomic E-state index is 0.162. The monoisotopic (exact) mass is 418 g/mol. The molecule has 0 spiro atoms. The molecule has 4 aromatic rings. The Hall–Kier alpha value is -4.34. The zero-order chi connectivity index (χ0) is 21.5. The Balaban J connectivity index is 1.19. The number of carbonyl (C=O) groups excluding carboxylic acids is 2. The van der Waals surface area contributed by atoms with Crippen LogP contribution < -0.4 is 10.6 Å². The minimum atomic E-state index is -0.162. The highest BCUT2D eigenvalue weighted by atomic mass is 16.5. The van der Waals surface area contributed by atoms with E-state index in [-0.39, 0.29) is 24.7 Å². The minimum Gasteiger partial charge on any atom is -0.342 e. The predicted octanol–water partition coefficient (Wildman–Crippen LogP) is 3.53. The summed E-state index contributed by atoms with van der Waals surface area (Å²) in [5.41, 5.74) is 2.88. The normalized spacial score (nSPS) is 10.6. The van der Waals surface area contributed by atoms with Crippen LogP contribution in [-0.4, -0.2) is 32.1 Å². The molecular formula is C21H18N6O4. The highest BCUT2D eigenvalue weighted by Gasteiger charge is 2.08. The Kier molecular flexibility index (Phi) is 6.08. The van der Waals surface area contributed by atoms with Crippen LogP contribution in [0.15, 0.2) is 70.4 Å². The van der Waals surface area contributed by atoms with E-state index in [1.807, 2.05) is 0 Å². The summed E-state index contributed by atoms with van der Waals surface area (Å²) < 4.78 is 9.43. The van der Waals surface area contributed by atoms with Gasteiger partial charge in [0.25, 0.3) is 0 Å². The lowest BCUT2D eigenvalue weighted by Crippen LogP contribution is -2.14. The van der Waals surface area contributed by atoms with Gasteiger partial charge in [-0.1, -0.05) is 10.3 Å². The summed E-state index contributed by atoms with van der Waals surface area (Å²) in [6.45, 7) is 0. The number of benzene rings is 2. The van der Waals surface area contributed by atoms with Gasteiger partial charge in [-0.05, 0) is 55.0 Å². The Morgan fingerprint density at radius 2 is 1.10 bits per heavy atom. The lowest BCUT2D eigenvalue weighted by atomic mass is 10.1. The van der Waals surface area contributed by atoms with Crippen molar-refractivity contribution in [3.8, 4) is 22.8 Å². The fraction of sp³-hybridized carbons (Fsp3) is 0.143. The molecule has 10 nitrogen and oxygen atoms in total. The molecule has 0 atom stereocenters. The third-order valence-electron chi connectivity index (χ3n) is 4.38. The SMILES string of the molecule is O=C(CCCC(=O)Nc1ccc(-c2ncon2)cc1)Nc1ccc(-c2ncon2)cc1. The van der Waals surface area contributed by atoms with E-state index in [1.54, 1.807) is 48.5 Å². The molecular weight excluding hydrogens is 400 g/mol. The number of rotatable bonds is 8. The third-order valence-corrected chi connectivity index (χ3v) is 4.38. The van der Waals surface area contributed by atoms with Crippen molar-refractivity contribution in [3.05, 3.63) is 61.3 Å². The van der Waals surface area contributed by atoms with Crippen LogP contribution >= 0.6 is 0 Å². The fourth-order valence-corrected chi connectivity index (χ4v) is 2.86. The van der Waals surface area contributed by atoms with Gasteiger partial charge in [0.2, 0.25) is 36.3 Å². The molecule has 4 rings (SSSR count). The van der Waals surface area contributed by atoms with Crippen molar-refractivity contribution in [2.45, 2.75) is 19.3 Å². The lowest BCUT2D eigenvalue weighted by Gasteiger charge is -2.07. The number of hydrogen-bond acceptors (Lipinski definition) is 8. The molecule has 2 aromatic heterocycles. The van der Waals surface area contributed by atoms with Gasteiger partial charge in [-0.25, -0.2) is 0 Å². The number of hydrogen-bond donors (Lipinski definition) is 2. The van der Waals surface area contributed by atoms with Gasteiger partial charge in [-0.15, -0.1) is 0 Å². The number of amides is 2. The van der Waals surface area contributed by atoms with Gasteiger partial charge in [0.1, 0.15) is 0 Å². The molecule has 2 N–H and O–H groups in total. The average Bonchev–Trinajstić information content (AvgIpc) is 3.49. The van der Waals surface area contributed by atoms with Crippen molar-refractivity contribution in [2.75, 3.05) is 10.6 Å². The first kappa shape index (κ1) is 20.0. The second kappa shape index (κ2) is 9.44. The molecule has 156 valence electrons. The largest absolute Gasteiger partial charge is 0.342 e. The molecule has 2 heterocycles. The van der Waals surface area contributed by atoms with Crippen LogP contribution in [0.4, 0.5) is 11.4 Å². The van der Waals surface area contributed by atoms with E-state index in [1.165, 1.54) is 12.8 Å². The van der Waals surface area contributed by atoms with Gasteiger partial charge in [0, 0.05) is 35.3 Å². The van der Waals surface area contributed by atoms with Gasteiger partial charge in [0.05, 0.1) is 0 Å². The molecule has 0 unspecified atom stereocenters. The zero-order valence-electron chi connectivity index (χ0n) is 16.3. The van der Waals surface area contributed by atoms with E-state index in [2.05, 4.69) is 30.9 Å². The summed E-state index contributed by atoms with van der Waals surface area (Å²) in [5.74, 6) is 0.635. The van der Waals surface area contributed by atoms with E-state index < -0.39 is 0 Å². The van der Waals surface area contributed by atoms with Crippen LogP contribution in [0.1, 0.15) is 19.3 Å². The van der Waals surface area contributed by atoms with Gasteiger partial charge in [-0.3, -0.25) is 9.59 Å². The van der Waals surface area contributed by atoms with Crippen LogP contribution in [0.3, 0.4) is 0 Å². The van der Waals surface area contributed by atoms with Crippen LogP contribution in [0.2, 0.25) is 0 Å². The Morgan fingerprint density at radius 1 is 0.677 bits per heavy atom. The van der Waals surface area contributed by atoms with Crippen molar-refractivity contribution in [3.63, 3.8) is 0 Å². The number of carbonyl (C=O) groups is 2. The van der Waals surface area contributed by atoms with Gasteiger partial charge in [0.15, 0.2) is 0 Å². The molecule has 31 heavy (non-hydrogen) atoms. The van der Waals surface area contributed by atoms with Crippen molar-refractivity contribution >= 4 is 23.2 Å². The Morgan fingerprint density at radius 3 is 1.45 bits per heavy atom. The molecule has 0 saturated heterocycles. The van der Waals surface area contributed by atoms with E-state index in [9.17, 15) is 9.59 Å². The molecule has 2 aromatic carbocycles. The van der Waals surface area contributed by atoms with Crippen LogP contribution in [0, 0.1) is 0 Å². The molecule has 0 aliphatic rings. The molecule has 10 heteroatoms. The maximum absolute atomic E-state index is 12.1. The van der Waals surface area contributed by atoms with Gasteiger partial charge in [-0.2, -0.15) is 9.97 Å². The molecule has 0 radical (unpaired) electrons. The predicted molar refractivity (Wildman–Crippen MR) is 111 cm³/mol. The lowest BCUT2D eigenvalue weighted by molar-refractivity contribution is -0.117. The molecule has 0 bridgehead atoms. The summed E-state index contributed by atoms with van der Waals surface area (Å²) in [6, 6.07) is 14.2. The van der Waals surface area contributed by atoms with Crippen molar-refractivity contribution in [1.29, 1.82) is 0 Å². The molecule has 2 amide bonds. The third kappa shape index (κ3) is 5.38. The summed E-state index contributed by atoms with van der Waals surface area (Å²) in [7, 11) is 0. The zero-order valence-corrected chi connectivity index (χ0v) is 16.3. The standard InChI is InChI=1S/C21H18N6O4/c28-18(24-16-8-4-14(5-9-16)20-22-12-30-26-20)2-1-3-19(29)25-17-10-6-15(7-11-17)21-23-13-31-27-21/h4-13H,1-3H2,(H,24,28)(H,25,29). The van der Waals surface area contributed by atoms with Crippen molar-refractivity contribution in [1.82, 2.24) is 20.3 Å². The topological polar surface area (TPSA) is 136 Å². The molecule has 0 saturated carbocycles. The highest BCUT2D eigenvalue weighted by molar-refractivity contribution is 5.93. The van der Waals surface area contributed by atoms with Gasteiger partial charge >= 0.3 is 0 Å². The first-order chi connectivity index (χ1) is 15.2. The van der Waals surface area contributed by atoms with Crippen LogP contribution in [0.25, 0.3) is 22.8 Å². The summed E-state index contributed by atoms with van der Waals surface area (Å²) in [5, 5.41) is 13.1. The Labute approximate surface area is 176 Å². The molecule has 0 fully saturated rings.